The lowest BCUT2D eigenvalue weighted by molar-refractivity contribution is -0.122. The first-order valence-electron chi connectivity index (χ1n) is 10.3. The Morgan fingerprint density at radius 2 is 1.80 bits per heavy atom. The van der Waals surface area contributed by atoms with Crippen LogP contribution in [0.4, 0.5) is 0 Å². The number of carbonyl (C=O) groups is 1. The molecule has 162 valence electrons. The van der Waals surface area contributed by atoms with Gasteiger partial charge in [0.2, 0.25) is 0 Å². The number of thioether (sulfide) groups is 1. The van der Waals surface area contributed by atoms with Gasteiger partial charge in [0.05, 0.1) is 6.54 Å². The van der Waals surface area contributed by atoms with Crippen molar-refractivity contribution in [1.29, 1.82) is 0 Å². The summed E-state index contributed by atoms with van der Waals surface area (Å²) in [5.41, 5.74) is 1.02. The predicted molar refractivity (Wildman–Crippen MR) is 125 cm³/mol. The van der Waals surface area contributed by atoms with Gasteiger partial charge in [0, 0.05) is 29.8 Å². The van der Waals surface area contributed by atoms with Crippen LogP contribution in [0.2, 0.25) is 0 Å². The molecule has 6 nitrogen and oxygen atoms in total. The van der Waals surface area contributed by atoms with E-state index in [1.54, 1.807) is 0 Å². The second kappa shape index (κ2) is 13.5. The Hall–Kier alpha value is -2.67. The number of carbonyl (C=O) groups excluding carboxylic acids is 1. The van der Waals surface area contributed by atoms with Gasteiger partial charge in [0.1, 0.15) is 5.75 Å². The van der Waals surface area contributed by atoms with Gasteiger partial charge < -0.3 is 20.7 Å². The number of hydrogen-bond donors (Lipinski definition) is 3. The Kier molecular flexibility index (Phi) is 10.7. The number of aliphatic imine (C=N–C) groups is 1. The van der Waals surface area contributed by atoms with E-state index in [-0.39, 0.29) is 12.5 Å². The SMILES string of the molecule is CCNC(=O)COc1cccc(CN=C(NCC)NCC(C)Sc2ccccc2)c1. The lowest BCUT2D eigenvalue weighted by Crippen LogP contribution is -2.40. The van der Waals surface area contributed by atoms with E-state index in [0.29, 0.717) is 24.1 Å². The van der Waals surface area contributed by atoms with E-state index in [9.17, 15) is 4.79 Å². The zero-order chi connectivity index (χ0) is 21.6. The summed E-state index contributed by atoms with van der Waals surface area (Å²) in [5, 5.41) is 9.82. The zero-order valence-corrected chi connectivity index (χ0v) is 18.8. The van der Waals surface area contributed by atoms with Crippen LogP contribution in [0.1, 0.15) is 26.3 Å². The average Bonchev–Trinajstić information content (AvgIpc) is 2.75. The van der Waals surface area contributed by atoms with Crippen LogP contribution in [-0.2, 0) is 11.3 Å². The summed E-state index contributed by atoms with van der Waals surface area (Å²) in [4.78, 5) is 17.5. The van der Waals surface area contributed by atoms with Crippen LogP contribution in [0.25, 0.3) is 0 Å². The van der Waals surface area contributed by atoms with E-state index in [4.69, 9.17) is 4.74 Å². The van der Waals surface area contributed by atoms with Gasteiger partial charge in [-0.15, -0.1) is 11.8 Å². The molecule has 7 heteroatoms. The number of nitrogens with one attached hydrogen (secondary N) is 3. The number of nitrogens with zero attached hydrogens (tertiary/aromatic N) is 1. The monoisotopic (exact) mass is 428 g/mol. The average molecular weight is 429 g/mol. The summed E-state index contributed by atoms with van der Waals surface area (Å²) < 4.78 is 5.56. The minimum Gasteiger partial charge on any atom is -0.484 e. The molecule has 30 heavy (non-hydrogen) atoms. The number of ether oxygens (including phenoxy) is 1. The molecule has 0 aliphatic carbocycles. The van der Waals surface area contributed by atoms with Gasteiger partial charge in [0.25, 0.3) is 5.91 Å². The smallest absolute Gasteiger partial charge is 0.257 e. The highest BCUT2D eigenvalue weighted by molar-refractivity contribution is 8.00. The molecular weight excluding hydrogens is 396 g/mol. The fraction of sp³-hybridized carbons (Fsp3) is 0.391. The highest BCUT2D eigenvalue weighted by Crippen LogP contribution is 2.21. The van der Waals surface area contributed by atoms with Gasteiger partial charge in [-0.3, -0.25) is 4.79 Å². The first-order valence-corrected chi connectivity index (χ1v) is 11.2. The molecule has 1 atom stereocenters. The van der Waals surface area contributed by atoms with E-state index in [1.165, 1.54) is 4.90 Å². The van der Waals surface area contributed by atoms with Crippen molar-refractivity contribution in [2.24, 2.45) is 4.99 Å². The minimum atomic E-state index is -0.123. The summed E-state index contributed by atoms with van der Waals surface area (Å²) in [7, 11) is 0. The third-order valence-electron chi connectivity index (χ3n) is 4.04. The summed E-state index contributed by atoms with van der Waals surface area (Å²) >= 11 is 1.84. The van der Waals surface area contributed by atoms with Crippen LogP contribution in [0, 0.1) is 0 Å². The van der Waals surface area contributed by atoms with Crippen LogP contribution in [0.15, 0.2) is 64.5 Å². The molecule has 0 radical (unpaired) electrons. The van der Waals surface area contributed by atoms with Gasteiger partial charge in [-0.1, -0.05) is 37.3 Å². The molecule has 0 heterocycles. The normalized spacial score (nSPS) is 12.2. The molecule has 0 aliphatic heterocycles. The topological polar surface area (TPSA) is 74.8 Å². The number of likely N-dealkylation sites (N-methyl/N-ethyl adjacent to an activating group) is 1. The summed E-state index contributed by atoms with van der Waals surface area (Å²) in [5.74, 6) is 1.33. The van der Waals surface area contributed by atoms with Crippen LogP contribution in [0.5, 0.6) is 5.75 Å². The van der Waals surface area contributed by atoms with Crippen molar-refractivity contribution in [2.75, 3.05) is 26.2 Å². The van der Waals surface area contributed by atoms with Crippen molar-refractivity contribution in [3.05, 3.63) is 60.2 Å². The van der Waals surface area contributed by atoms with Crippen LogP contribution < -0.4 is 20.7 Å². The molecule has 1 amide bonds. The molecular formula is C23H32N4O2S. The van der Waals surface area contributed by atoms with Crippen molar-refractivity contribution in [3.8, 4) is 5.75 Å². The number of guanidine groups is 1. The standard InChI is InChI=1S/C23H32N4O2S/c1-4-24-22(28)17-29-20-11-9-10-19(14-20)16-27-23(25-5-2)26-15-18(3)30-21-12-7-6-8-13-21/h6-14,18H,4-5,15-17H2,1-3H3,(H,24,28)(H2,25,26,27). The highest BCUT2D eigenvalue weighted by atomic mass is 32.2. The Labute approximate surface area is 183 Å². The maximum atomic E-state index is 11.6. The molecule has 3 N–H and O–H groups in total. The fourth-order valence-corrected chi connectivity index (χ4v) is 3.60. The van der Waals surface area contributed by atoms with Gasteiger partial charge in [-0.25, -0.2) is 4.99 Å². The molecule has 0 spiro atoms. The summed E-state index contributed by atoms with van der Waals surface area (Å²) in [6.07, 6.45) is 0. The molecule has 2 aromatic carbocycles. The van der Waals surface area contributed by atoms with Crippen molar-refractivity contribution in [1.82, 2.24) is 16.0 Å². The quantitative estimate of drug-likeness (QED) is 0.290. The Balaban J connectivity index is 1.87. The number of amides is 1. The maximum absolute atomic E-state index is 11.6. The van der Waals surface area contributed by atoms with Gasteiger partial charge in [0.15, 0.2) is 12.6 Å². The molecule has 0 fully saturated rings. The lowest BCUT2D eigenvalue weighted by atomic mass is 10.2. The molecule has 1 unspecified atom stereocenters. The first kappa shape index (κ1) is 23.6. The Morgan fingerprint density at radius 3 is 2.53 bits per heavy atom. The van der Waals surface area contributed by atoms with Gasteiger partial charge in [-0.05, 0) is 43.7 Å². The van der Waals surface area contributed by atoms with E-state index >= 15 is 0 Å². The third kappa shape index (κ3) is 9.22. The van der Waals surface area contributed by atoms with E-state index in [0.717, 1.165) is 24.6 Å². The summed E-state index contributed by atoms with van der Waals surface area (Å²) in [6, 6.07) is 18.1. The van der Waals surface area contributed by atoms with Gasteiger partial charge in [-0.2, -0.15) is 0 Å². The van der Waals surface area contributed by atoms with Crippen LogP contribution >= 0.6 is 11.8 Å². The molecule has 0 bridgehead atoms. The van der Waals surface area contributed by atoms with E-state index in [1.807, 2.05) is 49.0 Å². The lowest BCUT2D eigenvalue weighted by Gasteiger charge is -2.16. The molecule has 0 aliphatic rings. The highest BCUT2D eigenvalue weighted by Gasteiger charge is 2.06. The minimum absolute atomic E-state index is 0.0156. The Bertz CT molecular complexity index is 799. The maximum Gasteiger partial charge on any atom is 0.257 e. The van der Waals surface area contributed by atoms with Crippen LogP contribution in [-0.4, -0.2) is 43.4 Å². The fourth-order valence-electron chi connectivity index (χ4n) is 2.66. The molecule has 0 saturated heterocycles. The van der Waals surface area contributed by atoms with Crippen LogP contribution in [0.3, 0.4) is 0 Å². The molecule has 2 rings (SSSR count). The van der Waals surface area contributed by atoms with Crippen molar-refractivity contribution in [2.45, 2.75) is 37.5 Å². The molecule has 0 saturated carbocycles. The molecule has 0 aromatic heterocycles. The second-order valence-corrected chi connectivity index (χ2v) is 8.22. The van der Waals surface area contributed by atoms with Gasteiger partial charge >= 0.3 is 0 Å². The van der Waals surface area contributed by atoms with Crippen molar-refractivity contribution in [3.63, 3.8) is 0 Å². The van der Waals surface area contributed by atoms with Crippen molar-refractivity contribution >= 4 is 23.6 Å². The molecule has 2 aromatic rings. The number of rotatable bonds is 11. The Morgan fingerprint density at radius 1 is 1.03 bits per heavy atom. The van der Waals surface area contributed by atoms with E-state index < -0.39 is 0 Å². The predicted octanol–water partition coefficient (Wildman–Crippen LogP) is 3.44. The largest absolute Gasteiger partial charge is 0.484 e. The summed E-state index contributed by atoms with van der Waals surface area (Å²) in [6.45, 7) is 8.87. The third-order valence-corrected chi connectivity index (χ3v) is 5.16. The van der Waals surface area contributed by atoms with Crippen molar-refractivity contribution < 1.29 is 9.53 Å². The number of benzene rings is 2. The first-order chi connectivity index (χ1) is 14.6. The zero-order valence-electron chi connectivity index (χ0n) is 18.0. The van der Waals surface area contributed by atoms with E-state index in [2.05, 4.69) is 59.1 Å². The number of hydrogen-bond acceptors (Lipinski definition) is 4. The second-order valence-electron chi connectivity index (χ2n) is 6.71.